The van der Waals surface area contributed by atoms with Crippen molar-refractivity contribution in [1.29, 1.82) is 0 Å². The fourth-order valence-electron chi connectivity index (χ4n) is 2.44. The molecule has 2 rings (SSSR count). The molecule has 0 bridgehead atoms. The number of halogens is 3. The normalized spacial score (nSPS) is 13.8. The first-order valence-electron chi connectivity index (χ1n) is 6.80. The summed E-state index contributed by atoms with van der Waals surface area (Å²) >= 11 is 16.4. The first-order valence-corrected chi connectivity index (χ1v) is 8.47. The lowest BCUT2D eigenvalue weighted by Gasteiger charge is -2.23. The lowest BCUT2D eigenvalue weighted by molar-refractivity contribution is 0.415. The van der Waals surface area contributed by atoms with Crippen molar-refractivity contribution in [3.05, 3.63) is 63.6 Å². The first-order chi connectivity index (χ1) is 10.1. The molecule has 0 saturated heterocycles. The number of hydrogen-bond acceptors (Lipinski definition) is 1. The van der Waals surface area contributed by atoms with Gasteiger partial charge in [0.05, 0.1) is 12.1 Å². The first kappa shape index (κ1) is 16.7. The van der Waals surface area contributed by atoms with E-state index in [9.17, 15) is 0 Å². The number of ether oxygens (including phenoxy) is 1. The fraction of sp³-hybridized carbons (Fsp3) is 0.294. The van der Waals surface area contributed by atoms with Crippen LogP contribution in [0.2, 0.25) is 10.0 Å². The van der Waals surface area contributed by atoms with Crippen LogP contribution in [0.25, 0.3) is 0 Å². The summed E-state index contributed by atoms with van der Waals surface area (Å²) in [6.45, 7) is 2.17. The molecule has 1 nitrogen and oxygen atoms in total. The van der Waals surface area contributed by atoms with Crippen LogP contribution < -0.4 is 4.74 Å². The van der Waals surface area contributed by atoms with Crippen LogP contribution in [0.4, 0.5) is 0 Å². The van der Waals surface area contributed by atoms with Gasteiger partial charge in [-0.05, 0) is 23.6 Å². The Balaban J connectivity index is 2.38. The van der Waals surface area contributed by atoms with Gasteiger partial charge in [0.25, 0.3) is 0 Å². The third kappa shape index (κ3) is 3.74. The molecule has 0 radical (unpaired) electrons. The van der Waals surface area contributed by atoms with E-state index in [2.05, 4.69) is 47.1 Å². The average Bonchev–Trinajstić information content (AvgIpc) is 2.50. The molecule has 0 spiro atoms. The Morgan fingerprint density at radius 1 is 1.10 bits per heavy atom. The maximum absolute atomic E-state index is 6.39. The summed E-state index contributed by atoms with van der Waals surface area (Å²) in [5, 5.41) is 1.23. The van der Waals surface area contributed by atoms with Crippen molar-refractivity contribution in [1.82, 2.24) is 0 Å². The van der Waals surface area contributed by atoms with Gasteiger partial charge in [0.15, 0.2) is 0 Å². The molecule has 4 heteroatoms. The summed E-state index contributed by atoms with van der Waals surface area (Å²) in [4.78, 5) is 0.0980. The van der Waals surface area contributed by atoms with Crippen molar-refractivity contribution in [3.63, 3.8) is 0 Å². The van der Waals surface area contributed by atoms with Gasteiger partial charge in [0.1, 0.15) is 5.75 Å². The molecule has 0 amide bonds. The van der Waals surface area contributed by atoms with Gasteiger partial charge in [-0.15, -0.1) is 0 Å². The van der Waals surface area contributed by atoms with E-state index in [4.69, 9.17) is 27.9 Å². The molecule has 2 aromatic carbocycles. The van der Waals surface area contributed by atoms with Gasteiger partial charge < -0.3 is 4.74 Å². The molecule has 0 saturated carbocycles. The van der Waals surface area contributed by atoms with Crippen LogP contribution in [-0.2, 0) is 0 Å². The van der Waals surface area contributed by atoms with Crippen LogP contribution in [-0.4, -0.2) is 7.11 Å². The second-order valence-corrected chi connectivity index (χ2v) is 6.64. The summed E-state index contributed by atoms with van der Waals surface area (Å²) in [6.07, 6.45) is 1.000. The van der Waals surface area contributed by atoms with Crippen LogP contribution in [0.1, 0.15) is 35.2 Å². The average molecular weight is 388 g/mol. The highest BCUT2D eigenvalue weighted by molar-refractivity contribution is 9.09. The predicted octanol–water partition coefficient (Wildman–Crippen LogP) is 6.63. The summed E-state index contributed by atoms with van der Waals surface area (Å²) < 4.78 is 5.20. The zero-order chi connectivity index (χ0) is 15.4. The van der Waals surface area contributed by atoms with Gasteiger partial charge in [-0.3, -0.25) is 0 Å². The van der Waals surface area contributed by atoms with E-state index in [-0.39, 0.29) is 4.83 Å². The molecular formula is C17H17BrCl2O. The maximum Gasteiger partial charge on any atom is 0.138 e. The molecule has 2 aromatic rings. The summed E-state index contributed by atoms with van der Waals surface area (Å²) in [7, 11) is 1.58. The second kappa shape index (κ2) is 7.53. The van der Waals surface area contributed by atoms with E-state index >= 15 is 0 Å². The number of rotatable bonds is 5. The SMILES string of the molecule is CCC(c1ccccc1)C(Br)c1cc(Cl)c(OC)cc1Cl. The standard InChI is InChI=1S/C17H17BrCl2O/c1-3-12(11-7-5-4-6-8-11)17(18)13-9-15(20)16(21-2)10-14(13)19/h4-10,12,17H,3H2,1-2H3. The summed E-state index contributed by atoms with van der Waals surface area (Å²) in [5.41, 5.74) is 2.27. The van der Waals surface area contributed by atoms with Gasteiger partial charge in [-0.25, -0.2) is 0 Å². The Kier molecular flexibility index (Phi) is 5.98. The van der Waals surface area contributed by atoms with Crippen molar-refractivity contribution in [2.24, 2.45) is 0 Å². The highest BCUT2D eigenvalue weighted by atomic mass is 79.9. The van der Waals surface area contributed by atoms with Gasteiger partial charge in [0.2, 0.25) is 0 Å². The molecule has 21 heavy (non-hydrogen) atoms. The summed E-state index contributed by atoms with van der Waals surface area (Å²) in [5.74, 6) is 0.922. The zero-order valence-electron chi connectivity index (χ0n) is 11.9. The third-order valence-electron chi connectivity index (χ3n) is 3.59. The molecule has 0 fully saturated rings. The van der Waals surface area contributed by atoms with Crippen molar-refractivity contribution < 1.29 is 4.74 Å². The minimum absolute atomic E-state index is 0.0980. The molecule has 2 atom stereocenters. The number of methoxy groups -OCH3 is 1. The van der Waals surface area contributed by atoms with E-state index in [1.165, 1.54) is 5.56 Å². The molecule has 0 aliphatic rings. The van der Waals surface area contributed by atoms with Crippen LogP contribution in [0.15, 0.2) is 42.5 Å². The van der Waals surface area contributed by atoms with Crippen molar-refractivity contribution >= 4 is 39.1 Å². The molecule has 0 N–H and O–H groups in total. The number of hydrogen-bond donors (Lipinski definition) is 0. The topological polar surface area (TPSA) is 9.23 Å². The van der Waals surface area contributed by atoms with E-state index in [0.29, 0.717) is 21.7 Å². The van der Waals surface area contributed by atoms with Crippen LogP contribution >= 0.6 is 39.1 Å². The van der Waals surface area contributed by atoms with E-state index in [0.717, 1.165) is 12.0 Å². The van der Waals surface area contributed by atoms with Crippen molar-refractivity contribution in [2.45, 2.75) is 24.1 Å². The monoisotopic (exact) mass is 386 g/mol. The van der Waals surface area contributed by atoms with Crippen LogP contribution in [0, 0.1) is 0 Å². The lowest BCUT2D eigenvalue weighted by atomic mass is 9.89. The van der Waals surface area contributed by atoms with Crippen molar-refractivity contribution in [3.8, 4) is 5.75 Å². The van der Waals surface area contributed by atoms with E-state index in [1.54, 1.807) is 13.2 Å². The maximum atomic E-state index is 6.39. The lowest BCUT2D eigenvalue weighted by Crippen LogP contribution is -2.06. The third-order valence-corrected chi connectivity index (χ3v) is 5.34. The Morgan fingerprint density at radius 2 is 1.76 bits per heavy atom. The van der Waals surface area contributed by atoms with Gasteiger partial charge in [-0.1, -0.05) is 76.4 Å². The minimum atomic E-state index is 0.0980. The van der Waals surface area contributed by atoms with Gasteiger partial charge in [-0.2, -0.15) is 0 Å². The minimum Gasteiger partial charge on any atom is -0.495 e. The molecule has 112 valence electrons. The fourth-order valence-corrected chi connectivity index (χ4v) is 4.15. The molecule has 0 heterocycles. The van der Waals surface area contributed by atoms with Gasteiger partial charge >= 0.3 is 0 Å². The molecule has 0 aromatic heterocycles. The van der Waals surface area contributed by atoms with Crippen molar-refractivity contribution in [2.75, 3.05) is 7.11 Å². The van der Waals surface area contributed by atoms with E-state index < -0.39 is 0 Å². The highest BCUT2D eigenvalue weighted by Gasteiger charge is 2.24. The molecular weight excluding hydrogens is 371 g/mol. The van der Waals surface area contributed by atoms with E-state index in [1.807, 2.05) is 12.1 Å². The smallest absolute Gasteiger partial charge is 0.138 e. The Bertz CT molecular complexity index is 601. The second-order valence-electron chi connectivity index (χ2n) is 4.84. The predicted molar refractivity (Wildman–Crippen MR) is 94.2 cm³/mol. The highest BCUT2D eigenvalue weighted by Crippen LogP contribution is 2.45. The Hall–Kier alpha value is -0.700. The Labute approximate surface area is 144 Å². The van der Waals surface area contributed by atoms with Crippen LogP contribution in [0.5, 0.6) is 5.75 Å². The largest absolute Gasteiger partial charge is 0.495 e. The molecule has 0 aliphatic heterocycles. The number of alkyl halides is 1. The molecule has 2 unspecified atom stereocenters. The van der Waals surface area contributed by atoms with Gasteiger partial charge in [0, 0.05) is 21.8 Å². The summed E-state index contributed by atoms with van der Waals surface area (Å²) in [6, 6.07) is 14.1. The number of benzene rings is 2. The molecule has 0 aliphatic carbocycles. The Morgan fingerprint density at radius 3 is 2.33 bits per heavy atom. The zero-order valence-corrected chi connectivity index (χ0v) is 15.0. The quantitative estimate of drug-likeness (QED) is 0.523. The van der Waals surface area contributed by atoms with Crippen LogP contribution in [0.3, 0.4) is 0 Å².